The molecule has 10 heteroatoms. The summed E-state index contributed by atoms with van der Waals surface area (Å²) in [5.74, 6) is -0.273. The molecule has 0 saturated carbocycles. The second-order valence-corrected chi connectivity index (χ2v) is 13.3. The number of amides is 3. The van der Waals surface area contributed by atoms with Crippen molar-refractivity contribution in [1.82, 2.24) is 24.9 Å². The van der Waals surface area contributed by atoms with Crippen molar-refractivity contribution >= 4 is 34.5 Å². The van der Waals surface area contributed by atoms with Crippen LogP contribution in [0.2, 0.25) is 0 Å². The van der Waals surface area contributed by atoms with Crippen LogP contribution in [-0.2, 0) is 21.4 Å². The number of hydrogen-bond acceptors (Lipinski definition) is 7. The van der Waals surface area contributed by atoms with Gasteiger partial charge < -0.3 is 14.5 Å². The lowest BCUT2D eigenvalue weighted by atomic mass is 9.91. The molecule has 1 aromatic heterocycles. The Kier molecular flexibility index (Phi) is 7.58. The molecule has 3 aliphatic heterocycles. The van der Waals surface area contributed by atoms with Gasteiger partial charge in [0.15, 0.2) is 0 Å². The van der Waals surface area contributed by atoms with Crippen LogP contribution in [0.4, 0.5) is 10.5 Å². The van der Waals surface area contributed by atoms with E-state index in [9.17, 15) is 14.4 Å². The van der Waals surface area contributed by atoms with Crippen LogP contribution in [0.5, 0.6) is 0 Å². The Balaban J connectivity index is 1.22. The maximum atomic E-state index is 12.6. The average molecular weight is 553 g/mol. The Labute approximate surface area is 237 Å². The molecule has 218 valence electrons. The van der Waals surface area contributed by atoms with E-state index in [1.54, 1.807) is 0 Å². The van der Waals surface area contributed by atoms with Gasteiger partial charge in [0.2, 0.25) is 11.8 Å². The topological polar surface area (TPSA) is 100 Å². The van der Waals surface area contributed by atoms with Crippen LogP contribution >= 0.6 is 0 Å². The third kappa shape index (κ3) is 5.82. The monoisotopic (exact) mass is 552 g/mol. The highest BCUT2D eigenvalue weighted by atomic mass is 16.6. The van der Waals surface area contributed by atoms with Gasteiger partial charge in [-0.15, -0.1) is 0 Å². The zero-order chi connectivity index (χ0) is 28.8. The number of fused-ring (bicyclic) bond motifs is 1. The van der Waals surface area contributed by atoms with Gasteiger partial charge in [0.1, 0.15) is 5.60 Å². The first-order chi connectivity index (χ1) is 18.8. The van der Waals surface area contributed by atoms with E-state index in [4.69, 9.17) is 9.84 Å². The number of imide groups is 1. The zero-order valence-electron chi connectivity index (χ0n) is 24.8. The standard InChI is InChI=1S/C30H44N6O4/c1-29(2,3)40-28(39)35-16-17-36(30(4,5)19-35)18-20-12-14-34(15-13-20)23-9-7-8-21-25(32-33(6)26(21)23)22-10-11-24(37)31-27(22)38/h7-9,20,22H,10-19H2,1-6H3,(H,31,37,38). The Morgan fingerprint density at radius 2 is 1.82 bits per heavy atom. The molecule has 0 radical (unpaired) electrons. The first kappa shape index (κ1) is 28.4. The van der Waals surface area contributed by atoms with E-state index in [0.717, 1.165) is 61.3 Å². The summed E-state index contributed by atoms with van der Waals surface area (Å²) in [6, 6.07) is 6.24. The van der Waals surface area contributed by atoms with Crippen LogP contribution in [-0.4, -0.2) is 87.9 Å². The van der Waals surface area contributed by atoms with Crippen molar-refractivity contribution in [3.8, 4) is 0 Å². The zero-order valence-corrected chi connectivity index (χ0v) is 24.8. The second-order valence-electron chi connectivity index (χ2n) is 13.3. The summed E-state index contributed by atoms with van der Waals surface area (Å²) in [5, 5.41) is 8.23. The molecule has 2 aromatic rings. The van der Waals surface area contributed by atoms with Crippen molar-refractivity contribution in [2.45, 2.75) is 77.4 Å². The number of rotatable bonds is 4. The van der Waals surface area contributed by atoms with Crippen molar-refractivity contribution in [2.75, 3.05) is 44.2 Å². The molecule has 3 fully saturated rings. The lowest BCUT2D eigenvalue weighted by Gasteiger charge is -2.49. The van der Waals surface area contributed by atoms with E-state index in [-0.39, 0.29) is 23.4 Å². The molecule has 4 heterocycles. The van der Waals surface area contributed by atoms with E-state index in [0.29, 0.717) is 31.8 Å². The number of carbonyl (C=O) groups is 3. The molecule has 1 atom stereocenters. The number of anilines is 1. The van der Waals surface area contributed by atoms with Gasteiger partial charge in [0, 0.05) is 63.7 Å². The minimum Gasteiger partial charge on any atom is -0.444 e. The number of aromatic nitrogens is 2. The molecule has 3 amide bonds. The fourth-order valence-corrected chi connectivity index (χ4v) is 6.49. The lowest BCUT2D eigenvalue weighted by Crippen LogP contribution is -2.61. The van der Waals surface area contributed by atoms with Gasteiger partial charge in [-0.1, -0.05) is 12.1 Å². The molecule has 10 nitrogen and oxygen atoms in total. The van der Waals surface area contributed by atoms with Gasteiger partial charge in [-0.2, -0.15) is 5.10 Å². The van der Waals surface area contributed by atoms with Crippen LogP contribution < -0.4 is 10.2 Å². The number of hydrogen-bond donors (Lipinski definition) is 1. The summed E-state index contributed by atoms with van der Waals surface area (Å²) in [5.41, 5.74) is 2.35. The maximum Gasteiger partial charge on any atom is 0.410 e. The number of ether oxygens (including phenoxy) is 1. The SMILES string of the molecule is Cn1nc(C2CCC(=O)NC2=O)c2cccc(N3CCC(CN4CCN(C(=O)OC(C)(C)C)CC4(C)C)CC3)c21. The minimum absolute atomic E-state index is 0.112. The van der Waals surface area contributed by atoms with Gasteiger partial charge in [-0.05, 0) is 65.9 Å². The molecule has 3 aliphatic rings. The first-order valence-corrected chi connectivity index (χ1v) is 14.6. The number of nitrogens with one attached hydrogen (secondary N) is 1. The highest BCUT2D eigenvalue weighted by Crippen LogP contribution is 2.36. The Hall–Kier alpha value is -3.14. The van der Waals surface area contributed by atoms with Crippen LogP contribution in [0.25, 0.3) is 10.9 Å². The molecule has 0 spiro atoms. The number of carbonyl (C=O) groups excluding carboxylic acids is 3. The summed E-state index contributed by atoms with van der Waals surface area (Å²) in [6.07, 6.45) is 2.80. The largest absolute Gasteiger partial charge is 0.444 e. The quantitative estimate of drug-likeness (QED) is 0.578. The predicted octanol–water partition coefficient (Wildman–Crippen LogP) is 3.64. The number of piperazine rings is 1. The highest BCUT2D eigenvalue weighted by molar-refractivity contribution is 6.03. The summed E-state index contributed by atoms with van der Waals surface area (Å²) in [7, 11) is 1.94. The Morgan fingerprint density at radius 3 is 2.48 bits per heavy atom. The number of piperidine rings is 2. The lowest BCUT2D eigenvalue weighted by molar-refractivity contribution is -0.134. The fraction of sp³-hybridized carbons (Fsp3) is 0.667. The summed E-state index contributed by atoms with van der Waals surface area (Å²) in [4.78, 5) is 43.7. The number of aryl methyl sites for hydroxylation is 1. The average Bonchev–Trinajstić information content (AvgIpc) is 3.21. The smallest absolute Gasteiger partial charge is 0.410 e. The van der Waals surface area contributed by atoms with Crippen molar-refractivity contribution in [1.29, 1.82) is 0 Å². The van der Waals surface area contributed by atoms with Crippen molar-refractivity contribution < 1.29 is 19.1 Å². The summed E-state index contributed by atoms with van der Waals surface area (Å²) < 4.78 is 7.51. The first-order valence-electron chi connectivity index (χ1n) is 14.6. The molecule has 0 bridgehead atoms. The fourth-order valence-electron chi connectivity index (χ4n) is 6.49. The summed E-state index contributed by atoms with van der Waals surface area (Å²) >= 11 is 0. The molecular weight excluding hydrogens is 508 g/mol. The number of nitrogens with zero attached hydrogens (tertiary/aromatic N) is 5. The molecule has 3 saturated heterocycles. The Bertz CT molecular complexity index is 1290. The summed E-state index contributed by atoms with van der Waals surface area (Å²) in [6.45, 7) is 15.3. The van der Waals surface area contributed by atoms with Crippen molar-refractivity contribution in [3.05, 3.63) is 23.9 Å². The molecule has 1 N–H and O–H groups in total. The molecule has 0 aliphatic carbocycles. The second kappa shape index (κ2) is 10.7. The van der Waals surface area contributed by atoms with Crippen molar-refractivity contribution in [3.63, 3.8) is 0 Å². The maximum absolute atomic E-state index is 12.6. The van der Waals surface area contributed by atoms with Crippen LogP contribution in [0.3, 0.4) is 0 Å². The third-order valence-corrected chi connectivity index (χ3v) is 8.60. The van der Waals surface area contributed by atoms with E-state index >= 15 is 0 Å². The normalized spacial score (nSPS) is 23.0. The van der Waals surface area contributed by atoms with Crippen LogP contribution in [0.1, 0.15) is 71.9 Å². The molecule has 40 heavy (non-hydrogen) atoms. The van der Waals surface area contributed by atoms with Crippen molar-refractivity contribution in [2.24, 2.45) is 13.0 Å². The Morgan fingerprint density at radius 1 is 1.10 bits per heavy atom. The van der Waals surface area contributed by atoms with E-state index in [1.807, 2.05) is 49.5 Å². The van der Waals surface area contributed by atoms with E-state index < -0.39 is 11.5 Å². The number of para-hydroxylation sites is 1. The highest BCUT2D eigenvalue weighted by Gasteiger charge is 2.38. The van der Waals surface area contributed by atoms with E-state index in [2.05, 4.69) is 35.0 Å². The third-order valence-electron chi connectivity index (χ3n) is 8.60. The van der Waals surface area contributed by atoms with Gasteiger partial charge in [-0.3, -0.25) is 24.5 Å². The molecular formula is C30H44N6O4. The minimum atomic E-state index is -0.487. The van der Waals surface area contributed by atoms with Crippen LogP contribution in [0, 0.1) is 5.92 Å². The van der Waals surface area contributed by atoms with Gasteiger partial charge >= 0.3 is 6.09 Å². The van der Waals surface area contributed by atoms with Crippen LogP contribution in [0.15, 0.2) is 18.2 Å². The predicted molar refractivity (Wildman–Crippen MR) is 154 cm³/mol. The molecule has 5 rings (SSSR count). The van der Waals surface area contributed by atoms with E-state index in [1.165, 1.54) is 0 Å². The molecule has 1 unspecified atom stereocenters. The number of benzene rings is 1. The van der Waals surface area contributed by atoms with Gasteiger partial charge in [0.05, 0.1) is 22.8 Å². The molecule has 1 aromatic carbocycles. The van der Waals surface area contributed by atoms with Gasteiger partial charge in [0.25, 0.3) is 0 Å². The van der Waals surface area contributed by atoms with Gasteiger partial charge in [-0.25, -0.2) is 4.79 Å².